The van der Waals surface area contributed by atoms with E-state index in [1.54, 1.807) is 18.2 Å². The van der Waals surface area contributed by atoms with Crippen molar-refractivity contribution in [3.8, 4) is 0 Å². The summed E-state index contributed by atoms with van der Waals surface area (Å²) in [6.45, 7) is 1.31. The van der Waals surface area contributed by atoms with E-state index in [4.69, 9.17) is 5.11 Å². The summed E-state index contributed by atoms with van der Waals surface area (Å²) in [6.07, 6.45) is 0. The summed E-state index contributed by atoms with van der Waals surface area (Å²) in [7, 11) is 0. The van der Waals surface area contributed by atoms with Gasteiger partial charge in [-0.3, -0.25) is 4.79 Å². The zero-order valence-electron chi connectivity index (χ0n) is 9.60. The summed E-state index contributed by atoms with van der Waals surface area (Å²) in [6, 6.07) is 6.17. The van der Waals surface area contributed by atoms with Crippen LogP contribution in [0.5, 0.6) is 0 Å². The zero-order chi connectivity index (χ0) is 13.1. The predicted molar refractivity (Wildman–Crippen MR) is 69.5 cm³/mol. The summed E-state index contributed by atoms with van der Waals surface area (Å²) in [5, 5.41) is 12.1. The largest absolute Gasteiger partial charge is 0.480 e. The Morgan fingerprint density at radius 2 is 2.22 bits per heavy atom. The van der Waals surface area contributed by atoms with Gasteiger partial charge in [0, 0.05) is 29.7 Å². The van der Waals surface area contributed by atoms with Gasteiger partial charge < -0.3 is 15.3 Å². The fourth-order valence-electron chi connectivity index (χ4n) is 1.96. The highest BCUT2D eigenvalue weighted by atomic mass is 79.9. The van der Waals surface area contributed by atoms with Crippen LogP contribution in [-0.2, 0) is 4.79 Å². The van der Waals surface area contributed by atoms with Crippen molar-refractivity contribution < 1.29 is 14.7 Å². The SMILES string of the molecule is O=C(O)C1CNCCN1C(=O)c1cccc(Br)c1. The van der Waals surface area contributed by atoms with Gasteiger partial charge >= 0.3 is 5.97 Å². The van der Waals surface area contributed by atoms with Gasteiger partial charge in [0.2, 0.25) is 0 Å². The van der Waals surface area contributed by atoms with Crippen molar-refractivity contribution in [1.82, 2.24) is 10.2 Å². The quantitative estimate of drug-likeness (QED) is 0.853. The number of carbonyl (C=O) groups excluding carboxylic acids is 1. The molecule has 1 fully saturated rings. The number of aliphatic carboxylic acids is 1. The number of halogens is 1. The molecule has 6 heteroatoms. The fourth-order valence-corrected chi connectivity index (χ4v) is 2.35. The number of nitrogens with zero attached hydrogens (tertiary/aromatic N) is 1. The van der Waals surface area contributed by atoms with E-state index in [0.29, 0.717) is 18.7 Å². The molecule has 5 nitrogen and oxygen atoms in total. The molecule has 1 unspecified atom stereocenters. The van der Waals surface area contributed by atoms with Gasteiger partial charge in [-0.2, -0.15) is 0 Å². The molecular formula is C12H13BrN2O3. The summed E-state index contributed by atoms with van der Waals surface area (Å²) < 4.78 is 0.801. The average molecular weight is 313 g/mol. The lowest BCUT2D eigenvalue weighted by Gasteiger charge is -2.33. The molecule has 1 aromatic carbocycles. The van der Waals surface area contributed by atoms with Gasteiger partial charge in [-0.05, 0) is 18.2 Å². The van der Waals surface area contributed by atoms with Crippen molar-refractivity contribution in [3.63, 3.8) is 0 Å². The Balaban J connectivity index is 2.23. The van der Waals surface area contributed by atoms with Crippen molar-refractivity contribution in [2.24, 2.45) is 0 Å². The minimum absolute atomic E-state index is 0.245. The summed E-state index contributed by atoms with van der Waals surface area (Å²) in [4.78, 5) is 24.8. The molecule has 0 saturated carbocycles. The third-order valence-corrected chi connectivity index (χ3v) is 3.35. The van der Waals surface area contributed by atoms with E-state index in [9.17, 15) is 9.59 Å². The molecule has 0 aliphatic carbocycles. The second-order valence-corrected chi connectivity index (χ2v) is 4.98. The van der Waals surface area contributed by atoms with Crippen LogP contribution < -0.4 is 5.32 Å². The number of amides is 1. The van der Waals surface area contributed by atoms with Gasteiger partial charge in [0.1, 0.15) is 6.04 Å². The normalized spacial score (nSPS) is 19.6. The number of hydrogen-bond acceptors (Lipinski definition) is 3. The van der Waals surface area contributed by atoms with Crippen molar-refractivity contribution >= 4 is 27.8 Å². The van der Waals surface area contributed by atoms with Crippen LogP contribution in [0, 0.1) is 0 Å². The van der Waals surface area contributed by atoms with E-state index < -0.39 is 12.0 Å². The number of hydrogen-bond donors (Lipinski definition) is 2. The first-order valence-electron chi connectivity index (χ1n) is 5.59. The summed E-state index contributed by atoms with van der Waals surface area (Å²) in [5.41, 5.74) is 0.498. The molecule has 1 aromatic rings. The lowest BCUT2D eigenvalue weighted by atomic mass is 10.1. The third kappa shape index (κ3) is 2.70. The molecule has 1 amide bonds. The molecule has 0 aromatic heterocycles. The molecule has 1 aliphatic rings. The predicted octanol–water partition coefficient (Wildman–Crippen LogP) is 0.948. The number of carbonyl (C=O) groups is 2. The van der Waals surface area contributed by atoms with E-state index in [0.717, 1.165) is 4.47 Å². The van der Waals surface area contributed by atoms with Crippen molar-refractivity contribution in [2.75, 3.05) is 19.6 Å². The maximum atomic E-state index is 12.3. The molecule has 0 radical (unpaired) electrons. The number of carboxylic acid groups (broad SMARTS) is 1. The minimum Gasteiger partial charge on any atom is -0.480 e. The Hall–Kier alpha value is -1.40. The van der Waals surface area contributed by atoms with Gasteiger partial charge in [-0.15, -0.1) is 0 Å². The van der Waals surface area contributed by atoms with Gasteiger partial charge in [0.15, 0.2) is 0 Å². The van der Waals surface area contributed by atoms with Crippen LogP contribution in [0.2, 0.25) is 0 Å². The topological polar surface area (TPSA) is 69.6 Å². The molecule has 0 bridgehead atoms. The smallest absolute Gasteiger partial charge is 0.327 e. The van der Waals surface area contributed by atoms with E-state index >= 15 is 0 Å². The fraction of sp³-hybridized carbons (Fsp3) is 0.333. The Kier molecular flexibility index (Phi) is 3.98. The molecule has 1 aliphatic heterocycles. The van der Waals surface area contributed by atoms with Crippen LogP contribution in [0.4, 0.5) is 0 Å². The number of benzene rings is 1. The maximum absolute atomic E-state index is 12.3. The lowest BCUT2D eigenvalue weighted by Crippen LogP contribution is -2.56. The highest BCUT2D eigenvalue weighted by Gasteiger charge is 2.32. The molecule has 96 valence electrons. The first kappa shape index (κ1) is 13.0. The second-order valence-electron chi connectivity index (χ2n) is 4.07. The van der Waals surface area contributed by atoms with Crippen LogP contribution in [0.25, 0.3) is 0 Å². The van der Waals surface area contributed by atoms with Crippen LogP contribution in [0.3, 0.4) is 0 Å². The molecule has 2 N–H and O–H groups in total. The highest BCUT2D eigenvalue weighted by molar-refractivity contribution is 9.10. The molecular weight excluding hydrogens is 300 g/mol. The van der Waals surface area contributed by atoms with Crippen molar-refractivity contribution in [3.05, 3.63) is 34.3 Å². The van der Waals surface area contributed by atoms with Gasteiger partial charge in [-0.25, -0.2) is 4.79 Å². The first-order chi connectivity index (χ1) is 8.59. The molecule has 0 spiro atoms. The lowest BCUT2D eigenvalue weighted by molar-refractivity contribution is -0.142. The van der Waals surface area contributed by atoms with E-state index in [1.807, 2.05) is 6.07 Å². The maximum Gasteiger partial charge on any atom is 0.327 e. The minimum atomic E-state index is -0.981. The van der Waals surface area contributed by atoms with E-state index in [1.165, 1.54) is 4.90 Å². The van der Waals surface area contributed by atoms with Crippen LogP contribution >= 0.6 is 15.9 Å². The van der Waals surface area contributed by atoms with E-state index in [-0.39, 0.29) is 12.5 Å². The Morgan fingerprint density at radius 1 is 1.44 bits per heavy atom. The summed E-state index contributed by atoms with van der Waals surface area (Å²) >= 11 is 3.30. The zero-order valence-corrected chi connectivity index (χ0v) is 11.2. The Morgan fingerprint density at radius 3 is 2.89 bits per heavy atom. The molecule has 1 atom stereocenters. The first-order valence-corrected chi connectivity index (χ1v) is 6.39. The Bertz CT molecular complexity index is 478. The van der Waals surface area contributed by atoms with Gasteiger partial charge in [0.05, 0.1) is 0 Å². The van der Waals surface area contributed by atoms with Crippen molar-refractivity contribution in [1.29, 1.82) is 0 Å². The number of nitrogens with one attached hydrogen (secondary N) is 1. The second kappa shape index (κ2) is 5.49. The standard InChI is InChI=1S/C12H13BrN2O3/c13-9-3-1-2-8(6-9)11(16)15-5-4-14-7-10(15)12(17)18/h1-3,6,10,14H,4-5,7H2,(H,17,18). The average Bonchev–Trinajstić information content (AvgIpc) is 2.38. The molecule has 2 rings (SSSR count). The molecule has 1 heterocycles. The van der Waals surface area contributed by atoms with Gasteiger partial charge in [-0.1, -0.05) is 22.0 Å². The van der Waals surface area contributed by atoms with E-state index in [2.05, 4.69) is 21.2 Å². The Labute approximate surface area is 113 Å². The van der Waals surface area contributed by atoms with Gasteiger partial charge in [0.25, 0.3) is 5.91 Å². The summed E-state index contributed by atoms with van der Waals surface area (Å²) in [5.74, 6) is -1.23. The van der Waals surface area contributed by atoms with Crippen molar-refractivity contribution in [2.45, 2.75) is 6.04 Å². The monoisotopic (exact) mass is 312 g/mol. The molecule has 1 saturated heterocycles. The van der Waals surface area contributed by atoms with Crippen LogP contribution in [0.15, 0.2) is 28.7 Å². The van der Waals surface area contributed by atoms with Crippen LogP contribution in [-0.4, -0.2) is 47.6 Å². The number of carboxylic acids is 1. The van der Waals surface area contributed by atoms with Crippen LogP contribution in [0.1, 0.15) is 10.4 Å². The molecule has 18 heavy (non-hydrogen) atoms. The number of piperazine rings is 1. The number of rotatable bonds is 2. The highest BCUT2D eigenvalue weighted by Crippen LogP contribution is 2.15. The third-order valence-electron chi connectivity index (χ3n) is 2.86.